The number of carbonyl (C=O) groups is 1. The van der Waals surface area contributed by atoms with Crippen molar-refractivity contribution in [3.8, 4) is 0 Å². The van der Waals surface area contributed by atoms with E-state index in [0.29, 0.717) is 18.9 Å². The summed E-state index contributed by atoms with van der Waals surface area (Å²) in [6.45, 7) is 1.41. The maximum atomic E-state index is 11.4. The zero-order valence-corrected chi connectivity index (χ0v) is 7.41. The van der Waals surface area contributed by atoms with Crippen molar-refractivity contribution >= 4 is 11.7 Å². The van der Waals surface area contributed by atoms with Crippen molar-refractivity contribution in [3.63, 3.8) is 0 Å². The second-order valence-corrected chi connectivity index (χ2v) is 3.15. The molecule has 3 N–H and O–H groups in total. The van der Waals surface area contributed by atoms with E-state index in [-0.39, 0.29) is 17.4 Å². The second-order valence-electron chi connectivity index (χ2n) is 3.15. The number of nitrogens with one attached hydrogen (secondary N) is 3. The van der Waals surface area contributed by atoms with Crippen molar-refractivity contribution < 1.29 is 4.79 Å². The van der Waals surface area contributed by atoms with Crippen LogP contribution in [-0.2, 0) is 4.79 Å². The normalized spacial score (nSPS) is 16.0. The quantitative estimate of drug-likeness (QED) is 0.559. The Morgan fingerprint density at radius 3 is 2.79 bits per heavy atom. The SMILES string of the molecule is O=C(Nc1ccc(=O)[nH]n1)C1CNC1. The summed E-state index contributed by atoms with van der Waals surface area (Å²) >= 11 is 0. The molecule has 74 valence electrons. The van der Waals surface area contributed by atoms with E-state index in [9.17, 15) is 9.59 Å². The lowest BCUT2D eigenvalue weighted by molar-refractivity contribution is -0.121. The molecule has 6 nitrogen and oxygen atoms in total. The predicted molar refractivity (Wildman–Crippen MR) is 49.8 cm³/mol. The Bertz CT molecular complexity index is 376. The van der Waals surface area contributed by atoms with Gasteiger partial charge in [0.1, 0.15) is 0 Å². The van der Waals surface area contributed by atoms with Gasteiger partial charge in [0.25, 0.3) is 5.56 Å². The maximum absolute atomic E-state index is 11.4. The fourth-order valence-corrected chi connectivity index (χ4v) is 1.12. The van der Waals surface area contributed by atoms with Crippen LogP contribution < -0.4 is 16.2 Å². The summed E-state index contributed by atoms with van der Waals surface area (Å²) < 4.78 is 0. The summed E-state index contributed by atoms with van der Waals surface area (Å²) in [5.41, 5.74) is -0.284. The molecular weight excluding hydrogens is 184 g/mol. The topological polar surface area (TPSA) is 86.9 Å². The van der Waals surface area contributed by atoms with Crippen molar-refractivity contribution in [2.24, 2.45) is 5.92 Å². The largest absolute Gasteiger partial charge is 0.315 e. The number of nitrogens with zero attached hydrogens (tertiary/aromatic N) is 1. The first-order valence-corrected chi connectivity index (χ1v) is 4.33. The molecular formula is C8H10N4O2. The molecule has 1 aromatic rings. The molecule has 1 fully saturated rings. The average Bonchev–Trinajstić information content (AvgIpc) is 2.06. The van der Waals surface area contributed by atoms with Gasteiger partial charge in [-0.2, -0.15) is 5.10 Å². The van der Waals surface area contributed by atoms with Gasteiger partial charge in [-0.15, -0.1) is 0 Å². The summed E-state index contributed by atoms with van der Waals surface area (Å²) in [6.07, 6.45) is 0. The Morgan fingerprint density at radius 1 is 1.50 bits per heavy atom. The monoisotopic (exact) mass is 194 g/mol. The molecule has 0 spiro atoms. The molecule has 1 amide bonds. The third kappa shape index (κ3) is 1.80. The van der Waals surface area contributed by atoms with Crippen molar-refractivity contribution in [1.29, 1.82) is 0 Å². The average molecular weight is 194 g/mol. The van der Waals surface area contributed by atoms with E-state index in [1.165, 1.54) is 12.1 Å². The lowest BCUT2D eigenvalue weighted by Gasteiger charge is -2.25. The highest BCUT2D eigenvalue weighted by atomic mass is 16.2. The lowest BCUT2D eigenvalue weighted by atomic mass is 10.0. The van der Waals surface area contributed by atoms with Crippen LogP contribution in [0.15, 0.2) is 16.9 Å². The number of rotatable bonds is 2. The third-order valence-corrected chi connectivity index (χ3v) is 2.08. The molecule has 0 aliphatic carbocycles. The molecule has 0 bridgehead atoms. The van der Waals surface area contributed by atoms with Gasteiger partial charge in [-0.05, 0) is 6.07 Å². The number of H-pyrrole nitrogens is 1. The molecule has 0 aromatic carbocycles. The first-order chi connectivity index (χ1) is 6.75. The summed E-state index contributed by atoms with van der Waals surface area (Å²) in [5.74, 6) is 0.327. The van der Waals surface area contributed by atoms with E-state index in [1.807, 2.05) is 0 Å². The van der Waals surface area contributed by atoms with E-state index in [4.69, 9.17) is 0 Å². The van der Waals surface area contributed by atoms with E-state index >= 15 is 0 Å². The van der Waals surface area contributed by atoms with Gasteiger partial charge in [-0.3, -0.25) is 9.59 Å². The molecule has 6 heteroatoms. The second kappa shape index (κ2) is 3.59. The predicted octanol–water partition coefficient (Wildman–Crippen LogP) is -1.07. The Hall–Kier alpha value is -1.69. The molecule has 1 aliphatic rings. The van der Waals surface area contributed by atoms with E-state index in [2.05, 4.69) is 20.8 Å². The third-order valence-electron chi connectivity index (χ3n) is 2.08. The summed E-state index contributed by atoms with van der Waals surface area (Å²) in [7, 11) is 0. The van der Waals surface area contributed by atoms with Gasteiger partial charge >= 0.3 is 0 Å². The van der Waals surface area contributed by atoms with Crippen LogP contribution in [0.1, 0.15) is 0 Å². The summed E-state index contributed by atoms with van der Waals surface area (Å²) in [4.78, 5) is 22.1. The molecule has 0 saturated carbocycles. The first-order valence-electron chi connectivity index (χ1n) is 4.33. The van der Waals surface area contributed by atoms with Gasteiger partial charge < -0.3 is 10.6 Å². The number of hydrogen-bond donors (Lipinski definition) is 3. The van der Waals surface area contributed by atoms with E-state index in [1.54, 1.807) is 0 Å². The molecule has 1 aromatic heterocycles. The van der Waals surface area contributed by atoms with Gasteiger partial charge in [0, 0.05) is 19.2 Å². The summed E-state index contributed by atoms with van der Waals surface area (Å²) in [5, 5.41) is 11.5. The van der Waals surface area contributed by atoms with Gasteiger partial charge in [-0.25, -0.2) is 5.10 Å². The number of aromatic amines is 1. The minimum atomic E-state index is -0.284. The molecule has 14 heavy (non-hydrogen) atoms. The zero-order valence-electron chi connectivity index (χ0n) is 7.41. The van der Waals surface area contributed by atoms with Crippen molar-refractivity contribution in [1.82, 2.24) is 15.5 Å². The molecule has 1 aliphatic heterocycles. The summed E-state index contributed by atoms with van der Waals surface area (Å²) in [6, 6.07) is 2.80. The minimum absolute atomic E-state index is 0.0173. The lowest BCUT2D eigenvalue weighted by Crippen LogP contribution is -2.48. The van der Waals surface area contributed by atoms with Crippen LogP contribution in [0.3, 0.4) is 0 Å². The number of hydrogen-bond acceptors (Lipinski definition) is 4. The maximum Gasteiger partial charge on any atom is 0.264 e. The fraction of sp³-hybridized carbons (Fsp3) is 0.375. The van der Waals surface area contributed by atoms with E-state index < -0.39 is 0 Å². The highest BCUT2D eigenvalue weighted by molar-refractivity contribution is 5.92. The van der Waals surface area contributed by atoms with Crippen LogP contribution in [0.25, 0.3) is 0 Å². The van der Waals surface area contributed by atoms with Crippen molar-refractivity contribution in [2.45, 2.75) is 0 Å². The van der Waals surface area contributed by atoms with Gasteiger partial charge in [0.2, 0.25) is 5.91 Å². The van der Waals surface area contributed by atoms with Gasteiger partial charge in [0.15, 0.2) is 5.82 Å². The Labute approximate surface area is 79.7 Å². The number of amides is 1. The van der Waals surface area contributed by atoms with Crippen LogP contribution >= 0.6 is 0 Å². The molecule has 2 rings (SSSR count). The molecule has 0 atom stereocenters. The Balaban J connectivity index is 1.99. The van der Waals surface area contributed by atoms with Crippen LogP contribution in [0.4, 0.5) is 5.82 Å². The van der Waals surface area contributed by atoms with Gasteiger partial charge in [-0.1, -0.05) is 0 Å². The Kier molecular flexibility index (Phi) is 2.28. The first kappa shape index (κ1) is 8.89. The highest BCUT2D eigenvalue weighted by Crippen LogP contribution is 2.06. The fourth-order valence-electron chi connectivity index (χ4n) is 1.12. The van der Waals surface area contributed by atoms with Crippen molar-refractivity contribution in [3.05, 3.63) is 22.5 Å². The number of aromatic nitrogens is 2. The van der Waals surface area contributed by atoms with Gasteiger partial charge in [0.05, 0.1) is 5.92 Å². The van der Waals surface area contributed by atoms with E-state index in [0.717, 1.165) is 0 Å². The smallest absolute Gasteiger partial charge is 0.264 e. The molecule has 2 heterocycles. The van der Waals surface area contributed by atoms with Crippen molar-refractivity contribution in [2.75, 3.05) is 18.4 Å². The van der Waals surface area contributed by atoms with Crippen LogP contribution in [0.2, 0.25) is 0 Å². The Morgan fingerprint density at radius 2 is 2.29 bits per heavy atom. The van der Waals surface area contributed by atoms with Crippen LogP contribution in [0.5, 0.6) is 0 Å². The highest BCUT2D eigenvalue weighted by Gasteiger charge is 2.24. The minimum Gasteiger partial charge on any atom is -0.315 e. The molecule has 0 radical (unpaired) electrons. The number of anilines is 1. The van der Waals surface area contributed by atoms with Crippen LogP contribution in [0, 0.1) is 5.92 Å². The molecule has 0 unspecified atom stereocenters. The molecule has 1 saturated heterocycles. The number of carbonyl (C=O) groups excluding carboxylic acids is 1. The standard InChI is InChI=1S/C8H10N4O2/c13-7-2-1-6(11-12-7)10-8(14)5-3-9-4-5/h1-2,5,9H,3-4H2,(H,12,13)(H,10,11,14). The zero-order chi connectivity index (χ0) is 9.97. The van der Waals surface area contributed by atoms with Crippen LogP contribution in [-0.4, -0.2) is 29.2 Å².